The van der Waals surface area contributed by atoms with Gasteiger partial charge in [0.15, 0.2) is 11.9 Å². The van der Waals surface area contributed by atoms with Crippen molar-refractivity contribution in [1.29, 1.82) is 0 Å². The predicted molar refractivity (Wildman–Crippen MR) is 82.4 cm³/mol. The normalized spacial score (nSPS) is 21.7. The molecule has 1 aliphatic rings. The minimum atomic E-state index is -1.16. The molecule has 0 bridgehead atoms. The lowest BCUT2D eigenvalue weighted by atomic mass is 9.87. The van der Waals surface area contributed by atoms with Crippen molar-refractivity contribution in [1.82, 2.24) is 4.90 Å². The van der Waals surface area contributed by atoms with Crippen molar-refractivity contribution < 1.29 is 19.4 Å². The van der Waals surface area contributed by atoms with Crippen LogP contribution in [-0.2, 0) is 9.59 Å². The Morgan fingerprint density at radius 2 is 2.09 bits per heavy atom. The van der Waals surface area contributed by atoms with Gasteiger partial charge in [-0.05, 0) is 19.1 Å². The molecule has 22 heavy (non-hydrogen) atoms. The molecule has 0 saturated carbocycles. The van der Waals surface area contributed by atoms with E-state index in [-0.39, 0.29) is 23.8 Å². The van der Waals surface area contributed by atoms with Crippen molar-refractivity contribution in [3.8, 4) is 5.75 Å². The van der Waals surface area contributed by atoms with Crippen molar-refractivity contribution in [2.24, 2.45) is 0 Å². The van der Waals surface area contributed by atoms with Crippen molar-refractivity contribution in [2.75, 3.05) is 6.54 Å². The first-order chi connectivity index (χ1) is 10.5. The number of rotatable bonds is 7. The van der Waals surface area contributed by atoms with E-state index < -0.39 is 18.2 Å². The van der Waals surface area contributed by atoms with Gasteiger partial charge in [0.25, 0.3) is 5.91 Å². The summed E-state index contributed by atoms with van der Waals surface area (Å²) >= 11 is 0. The van der Waals surface area contributed by atoms with Gasteiger partial charge in [0.1, 0.15) is 17.9 Å². The van der Waals surface area contributed by atoms with Gasteiger partial charge in [-0.15, -0.1) is 6.58 Å². The maximum absolute atomic E-state index is 12.2. The molecule has 1 N–H and O–H groups in total. The molecule has 1 fully saturated rings. The maximum Gasteiger partial charge on any atom is 0.266 e. The van der Waals surface area contributed by atoms with Gasteiger partial charge < -0.3 is 14.7 Å². The number of para-hydroxylation sites is 1. The maximum atomic E-state index is 12.2. The van der Waals surface area contributed by atoms with Gasteiger partial charge in [0.2, 0.25) is 0 Å². The Labute approximate surface area is 129 Å². The molecule has 3 atom stereocenters. The number of likely N-dealkylation sites (tertiary alicyclic amines) is 1. The molecule has 1 aromatic carbocycles. The van der Waals surface area contributed by atoms with Gasteiger partial charge in [-0.2, -0.15) is 0 Å². The van der Waals surface area contributed by atoms with Gasteiger partial charge >= 0.3 is 0 Å². The van der Waals surface area contributed by atoms with Crippen LogP contribution in [0.5, 0.6) is 5.75 Å². The fourth-order valence-corrected chi connectivity index (χ4v) is 2.40. The standard InChI is InChI=1S/C17H19NO4/c1-4-10-18-14(15(20)11(2)12(3)19)16(17(18)21)22-13-8-6-5-7-9-13/h4-9,14-16,20H,1-2,10H2,3H3/t14-,15+,16+/m0/s1. The summed E-state index contributed by atoms with van der Waals surface area (Å²) < 4.78 is 5.66. The lowest BCUT2D eigenvalue weighted by Gasteiger charge is -2.48. The third-order valence-corrected chi connectivity index (χ3v) is 3.66. The van der Waals surface area contributed by atoms with Crippen molar-refractivity contribution in [2.45, 2.75) is 25.2 Å². The highest BCUT2D eigenvalue weighted by molar-refractivity contribution is 5.95. The van der Waals surface area contributed by atoms with Crippen LogP contribution in [0, 0.1) is 0 Å². The second-order valence-corrected chi connectivity index (χ2v) is 5.15. The fourth-order valence-electron chi connectivity index (χ4n) is 2.40. The third kappa shape index (κ3) is 2.94. The van der Waals surface area contributed by atoms with Crippen LogP contribution in [0.25, 0.3) is 0 Å². The molecule has 1 aliphatic heterocycles. The summed E-state index contributed by atoms with van der Waals surface area (Å²) in [5.74, 6) is -0.0299. The summed E-state index contributed by atoms with van der Waals surface area (Å²) in [6.07, 6.45) is -0.440. The van der Waals surface area contributed by atoms with E-state index in [1.165, 1.54) is 11.8 Å². The zero-order valence-electron chi connectivity index (χ0n) is 12.4. The summed E-state index contributed by atoms with van der Waals surface area (Å²) in [5.41, 5.74) is 0.0632. The number of carbonyl (C=O) groups excluding carboxylic acids is 2. The summed E-state index contributed by atoms with van der Waals surface area (Å²) in [7, 11) is 0. The Morgan fingerprint density at radius 1 is 1.45 bits per heavy atom. The molecule has 0 aliphatic carbocycles. The third-order valence-electron chi connectivity index (χ3n) is 3.66. The summed E-state index contributed by atoms with van der Waals surface area (Å²) in [6.45, 7) is 8.80. The predicted octanol–water partition coefficient (Wildman–Crippen LogP) is 1.34. The molecule has 5 heteroatoms. The number of carbonyl (C=O) groups is 2. The van der Waals surface area contributed by atoms with E-state index in [1.54, 1.807) is 30.3 Å². The Bertz CT molecular complexity index is 596. The van der Waals surface area contributed by atoms with Crippen LogP contribution in [0.1, 0.15) is 6.92 Å². The molecule has 1 aromatic rings. The van der Waals surface area contributed by atoms with E-state index in [0.717, 1.165) is 0 Å². The second-order valence-electron chi connectivity index (χ2n) is 5.15. The summed E-state index contributed by atoms with van der Waals surface area (Å²) in [6, 6.07) is 8.23. The number of hydrogen-bond donors (Lipinski definition) is 1. The number of β-lactam (4-membered cyclic amide) rings is 1. The van der Waals surface area contributed by atoms with E-state index in [4.69, 9.17) is 4.74 Å². The number of ketones is 1. The fraction of sp³-hybridized carbons (Fsp3) is 0.294. The van der Waals surface area contributed by atoms with Crippen LogP contribution in [-0.4, -0.2) is 46.5 Å². The van der Waals surface area contributed by atoms with E-state index >= 15 is 0 Å². The topological polar surface area (TPSA) is 66.8 Å². The molecule has 0 unspecified atom stereocenters. The lowest BCUT2D eigenvalue weighted by molar-refractivity contribution is -0.169. The number of aliphatic hydroxyl groups is 1. The molecular formula is C17H19NO4. The Morgan fingerprint density at radius 3 is 2.64 bits per heavy atom. The quantitative estimate of drug-likeness (QED) is 0.469. The number of hydrogen-bond acceptors (Lipinski definition) is 4. The van der Waals surface area contributed by atoms with Crippen molar-refractivity contribution >= 4 is 11.7 Å². The van der Waals surface area contributed by atoms with Crippen LogP contribution in [0.4, 0.5) is 0 Å². The average molecular weight is 301 g/mol. The molecule has 1 saturated heterocycles. The number of ether oxygens (including phenoxy) is 1. The Balaban J connectivity index is 2.20. The van der Waals surface area contributed by atoms with Gasteiger partial charge in [-0.25, -0.2) is 0 Å². The average Bonchev–Trinajstić information content (AvgIpc) is 2.52. The van der Waals surface area contributed by atoms with E-state index in [2.05, 4.69) is 13.2 Å². The van der Waals surface area contributed by atoms with E-state index in [1.807, 2.05) is 6.07 Å². The monoisotopic (exact) mass is 301 g/mol. The lowest BCUT2D eigenvalue weighted by Crippen LogP contribution is -2.71. The Hall–Kier alpha value is -2.40. The molecule has 0 aromatic heterocycles. The number of Topliss-reactive ketones (excluding diaryl/α,β-unsaturated/α-hetero) is 1. The van der Waals surface area contributed by atoms with E-state index in [0.29, 0.717) is 5.75 Å². The van der Waals surface area contributed by atoms with Gasteiger partial charge in [0, 0.05) is 12.1 Å². The number of aliphatic hydroxyl groups excluding tert-OH is 1. The highest BCUT2D eigenvalue weighted by atomic mass is 16.5. The molecular weight excluding hydrogens is 282 g/mol. The SMILES string of the molecule is C=CCN1C(=O)[C@H](Oc2ccccc2)[C@@H]1[C@H](O)C(=C)C(C)=O. The van der Waals surface area contributed by atoms with Crippen LogP contribution < -0.4 is 4.74 Å². The zero-order valence-corrected chi connectivity index (χ0v) is 12.4. The van der Waals surface area contributed by atoms with Crippen LogP contribution in [0.2, 0.25) is 0 Å². The van der Waals surface area contributed by atoms with Crippen molar-refractivity contribution in [3.05, 3.63) is 55.1 Å². The summed E-state index contributed by atoms with van der Waals surface area (Å²) in [5, 5.41) is 10.3. The second kappa shape index (κ2) is 6.58. The molecule has 1 heterocycles. The largest absolute Gasteiger partial charge is 0.478 e. The minimum Gasteiger partial charge on any atom is -0.478 e. The summed E-state index contributed by atoms with van der Waals surface area (Å²) in [4.78, 5) is 25.0. The highest BCUT2D eigenvalue weighted by Crippen LogP contribution is 2.30. The minimum absolute atomic E-state index is 0.0632. The molecule has 0 spiro atoms. The highest BCUT2D eigenvalue weighted by Gasteiger charge is 2.53. The van der Waals surface area contributed by atoms with Gasteiger partial charge in [-0.1, -0.05) is 30.9 Å². The van der Waals surface area contributed by atoms with Gasteiger partial charge in [-0.3, -0.25) is 9.59 Å². The van der Waals surface area contributed by atoms with Gasteiger partial charge in [0.05, 0.1) is 0 Å². The first-order valence-corrected chi connectivity index (χ1v) is 6.98. The van der Waals surface area contributed by atoms with Crippen LogP contribution in [0.15, 0.2) is 55.1 Å². The number of nitrogens with zero attached hydrogens (tertiary/aromatic N) is 1. The molecule has 116 valence electrons. The number of benzene rings is 1. The van der Waals surface area contributed by atoms with Crippen LogP contribution in [0.3, 0.4) is 0 Å². The molecule has 2 rings (SSSR count). The van der Waals surface area contributed by atoms with E-state index in [9.17, 15) is 14.7 Å². The van der Waals surface area contributed by atoms with Crippen LogP contribution >= 0.6 is 0 Å². The first-order valence-electron chi connectivity index (χ1n) is 6.98. The molecule has 0 radical (unpaired) electrons. The number of amides is 1. The molecule has 1 amide bonds. The smallest absolute Gasteiger partial charge is 0.266 e. The van der Waals surface area contributed by atoms with Crippen molar-refractivity contribution in [3.63, 3.8) is 0 Å². The molecule has 5 nitrogen and oxygen atoms in total. The first kappa shape index (κ1) is 16.0. The zero-order chi connectivity index (χ0) is 16.3. The Kier molecular flexibility index (Phi) is 4.78.